The molecule has 0 N–H and O–H groups in total. The van der Waals surface area contributed by atoms with Gasteiger partial charge in [0.2, 0.25) is 0 Å². The second-order valence-corrected chi connectivity index (χ2v) is 7.15. The molecule has 1 aromatic carbocycles. The summed E-state index contributed by atoms with van der Waals surface area (Å²) in [6.07, 6.45) is 1.06. The van der Waals surface area contributed by atoms with Crippen molar-refractivity contribution in [2.75, 3.05) is 0 Å². The molecule has 0 amide bonds. The molecule has 0 aromatic heterocycles. The molecule has 3 heteroatoms. The minimum absolute atomic E-state index is 0.00271. The topological polar surface area (TPSA) is 43.1 Å². The summed E-state index contributed by atoms with van der Waals surface area (Å²) in [7, 11) is 0. The van der Waals surface area contributed by atoms with Crippen LogP contribution in [0.3, 0.4) is 0 Å². The Hall–Kier alpha value is -1.38. The smallest absolute Gasteiger partial charge is 0.258 e. The van der Waals surface area contributed by atoms with E-state index < -0.39 is 0 Å². The maximum absolute atomic E-state index is 11.1. The Bertz CT molecular complexity index is 544. The van der Waals surface area contributed by atoms with Crippen molar-refractivity contribution < 1.29 is 4.92 Å². The number of aryl methyl sites for hydroxylation is 1. The molecule has 1 aliphatic carbocycles. The highest BCUT2D eigenvalue weighted by Crippen LogP contribution is 2.50. The summed E-state index contributed by atoms with van der Waals surface area (Å²) in [5.74, 6) is 0.566. The predicted octanol–water partition coefficient (Wildman–Crippen LogP) is 4.50. The van der Waals surface area contributed by atoms with Crippen LogP contribution in [-0.4, -0.2) is 4.92 Å². The first-order valence-electron chi connectivity index (χ1n) is 6.87. The minimum atomic E-state index is -0.267. The number of rotatable bonds is 1. The quantitative estimate of drug-likeness (QED) is 0.552. The number of nitro groups is 1. The van der Waals surface area contributed by atoms with Crippen LogP contribution in [0, 0.1) is 23.0 Å². The molecule has 2 rings (SSSR count). The van der Waals surface area contributed by atoms with Gasteiger partial charge in [-0.3, -0.25) is 10.1 Å². The van der Waals surface area contributed by atoms with Gasteiger partial charge in [0.05, 0.1) is 4.92 Å². The molecule has 3 nitrogen and oxygen atoms in total. The monoisotopic (exact) mass is 261 g/mol. The molecule has 0 aliphatic heterocycles. The number of hydrogen-bond donors (Lipinski definition) is 0. The molecule has 19 heavy (non-hydrogen) atoms. The van der Waals surface area contributed by atoms with Crippen LogP contribution >= 0.6 is 0 Å². The molecule has 1 aromatic rings. The van der Waals surface area contributed by atoms with Gasteiger partial charge >= 0.3 is 0 Å². The van der Waals surface area contributed by atoms with E-state index >= 15 is 0 Å². The van der Waals surface area contributed by atoms with Gasteiger partial charge in [0.1, 0.15) is 0 Å². The Morgan fingerprint density at radius 1 is 1.21 bits per heavy atom. The summed E-state index contributed by atoms with van der Waals surface area (Å²) >= 11 is 0. The molecule has 0 saturated heterocycles. The van der Waals surface area contributed by atoms with E-state index in [4.69, 9.17) is 0 Å². The Kier molecular flexibility index (Phi) is 3.00. The molecule has 104 valence electrons. The number of benzene rings is 1. The van der Waals surface area contributed by atoms with Crippen molar-refractivity contribution in [3.63, 3.8) is 0 Å². The standard InChI is InChI=1S/C16H23NO2/c1-10-7-13-12(8-14(10)17(18)19)15(3,4)9-11(2)16(13,5)6/h7-8,11H,9H2,1-6H3. The zero-order chi connectivity index (χ0) is 14.6. The van der Waals surface area contributed by atoms with Crippen LogP contribution in [-0.2, 0) is 10.8 Å². The molecule has 0 radical (unpaired) electrons. The van der Waals surface area contributed by atoms with Crippen LogP contribution in [0.4, 0.5) is 5.69 Å². The normalized spacial score (nSPS) is 23.8. The Morgan fingerprint density at radius 3 is 2.32 bits per heavy atom. The third-order valence-electron chi connectivity index (χ3n) is 5.00. The summed E-state index contributed by atoms with van der Waals surface area (Å²) in [6.45, 7) is 13.0. The van der Waals surface area contributed by atoms with E-state index in [0.29, 0.717) is 5.92 Å². The fourth-order valence-corrected chi connectivity index (χ4v) is 3.38. The lowest BCUT2D eigenvalue weighted by molar-refractivity contribution is -0.385. The van der Waals surface area contributed by atoms with Gasteiger partial charge in [-0.25, -0.2) is 0 Å². The molecule has 1 aliphatic rings. The van der Waals surface area contributed by atoms with Crippen LogP contribution in [0.1, 0.15) is 57.7 Å². The van der Waals surface area contributed by atoms with Gasteiger partial charge in [-0.1, -0.05) is 34.6 Å². The molecule has 0 saturated carbocycles. The SMILES string of the molecule is Cc1cc2c(cc1[N+](=O)[O-])C(C)(C)CC(C)C2(C)C. The molecule has 0 heterocycles. The fraction of sp³-hybridized carbons (Fsp3) is 0.625. The predicted molar refractivity (Wildman–Crippen MR) is 77.7 cm³/mol. The van der Waals surface area contributed by atoms with Gasteiger partial charge in [-0.15, -0.1) is 0 Å². The second kappa shape index (κ2) is 4.06. The third kappa shape index (κ3) is 2.05. The van der Waals surface area contributed by atoms with E-state index in [-0.39, 0.29) is 21.4 Å². The van der Waals surface area contributed by atoms with Crippen molar-refractivity contribution >= 4 is 5.69 Å². The van der Waals surface area contributed by atoms with Crippen molar-refractivity contribution in [2.45, 2.75) is 58.8 Å². The lowest BCUT2D eigenvalue weighted by Crippen LogP contribution is -2.40. The van der Waals surface area contributed by atoms with E-state index in [1.807, 2.05) is 13.0 Å². The van der Waals surface area contributed by atoms with Gasteiger partial charge < -0.3 is 0 Å². The van der Waals surface area contributed by atoms with Gasteiger partial charge in [0.15, 0.2) is 0 Å². The number of nitrogens with zero attached hydrogens (tertiary/aromatic N) is 1. The molecular formula is C16H23NO2. The van der Waals surface area contributed by atoms with Gasteiger partial charge in [0.25, 0.3) is 5.69 Å². The van der Waals surface area contributed by atoms with Crippen LogP contribution < -0.4 is 0 Å². The average molecular weight is 261 g/mol. The largest absolute Gasteiger partial charge is 0.272 e. The first kappa shape index (κ1) is 14.0. The van der Waals surface area contributed by atoms with E-state index in [1.54, 1.807) is 6.07 Å². The van der Waals surface area contributed by atoms with Crippen LogP contribution in [0.5, 0.6) is 0 Å². The second-order valence-electron chi connectivity index (χ2n) is 7.15. The minimum Gasteiger partial charge on any atom is -0.258 e. The summed E-state index contributed by atoms with van der Waals surface area (Å²) in [4.78, 5) is 10.9. The Balaban J connectivity index is 2.75. The van der Waals surface area contributed by atoms with Crippen LogP contribution in [0.2, 0.25) is 0 Å². The van der Waals surface area contributed by atoms with Crippen molar-refractivity contribution in [1.29, 1.82) is 0 Å². The van der Waals surface area contributed by atoms with Crippen molar-refractivity contribution in [3.8, 4) is 0 Å². The molecule has 1 unspecified atom stereocenters. The summed E-state index contributed by atoms with van der Waals surface area (Å²) in [5.41, 5.74) is 3.51. The number of nitro benzene ring substituents is 1. The number of hydrogen-bond acceptors (Lipinski definition) is 2. The summed E-state index contributed by atoms with van der Waals surface area (Å²) in [6, 6.07) is 3.84. The number of fused-ring (bicyclic) bond motifs is 1. The fourth-order valence-electron chi connectivity index (χ4n) is 3.38. The molecule has 0 fully saturated rings. The third-order valence-corrected chi connectivity index (χ3v) is 5.00. The van der Waals surface area contributed by atoms with E-state index in [0.717, 1.165) is 17.5 Å². The Labute approximate surface area is 115 Å². The highest BCUT2D eigenvalue weighted by Gasteiger charge is 2.42. The summed E-state index contributed by atoms with van der Waals surface area (Å²) in [5, 5.41) is 11.1. The van der Waals surface area contributed by atoms with E-state index in [2.05, 4.69) is 34.6 Å². The zero-order valence-corrected chi connectivity index (χ0v) is 12.7. The van der Waals surface area contributed by atoms with Crippen LogP contribution in [0.15, 0.2) is 12.1 Å². The van der Waals surface area contributed by atoms with Crippen molar-refractivity contribution in [1.82, 2.24) is 0 Å². The maximum Gasteiger partial charge on any atom is 0.272 e. The highest BCUT2D eigenvalue weighted by molar-refractivity contribution is 5.53. The van der Waals surface area contributed by atoms with Gasteiger partial charge in [-0.2, -0.15) is 0 Å². The van der Waals surface area contributed by atoms with Crippen LogP contribution in [0.25, 0.3) is 0 Å². The first-order chi connectivity index (χ1) is 8.57. The van der Waals surface area contributed by atoms with Gasteiger partial charge in [0, 0.05) is 11.6 Å². The molecule has 0 bridgehead atoms. The molecule has 1 atom stereocenters. The average Bonchev–Trinajstić information content (AvgIpc) is 2.25. The van der Waals surface area contributed by atoms with Crippen molar-refractivity contribution in [3.05, 3.63) is 38.9 Å². The Morgan fingerprint density at radius 2 is 1.79 bits per heavy atom. The van der Waals surface area contributed by atoms with Gasteiger partial charge in [-0.05, 0) is 47.3 Å². The van der Waals surface area contributed by atoms with E-state index in [9.17, 15) is 10.1 Å². The highest BCUT2D eigenvalue weighted by atomic mass is 16.6. The maximum atomic E-state index is 11.1. The molecule has 0 spiro atoms. The summed E-state index contributed by atoms with van der Waals surface area (Å²) < 4.78 is 0. The molecular weight excluding hydrogens is 238 g/mol. The lowest BCUT2D eigenvalue weighted by Gasteiger charge is -2.46. The van der Waals surface area contributed by atoms with E-state index in [1.165, 1.54) is 5.56 Å². The zero-order valence-electron chi connectivity index (χ0n) is 12.7. The first-order valence-corrected chi connectivity index (χ1v) is 6.87. The van der Waals surface area contributed by atoms with Crippen molar-refractivity contribution in [2.24, 2.45) is 5.92 Å². The lowest BCUT2D eigenvalue weighted by atomic mass is 9.58.